The average molecular weight is 410 g/mol. The lowest BCUT2D eigenvalue weighted by atomic mass is 10.1. The highest BCUT2D eigenvalue weighted by atomic mass is 32.2. The highest BCUT2D eigenvalue weighted by molar-refractivity contribution is 8.02. The number of benzene rings is 1. The molecule has 4 heterocycles. The van der Waals surface area contributed by atoms with Crippen molar-refractivity contribution in [1.29, 1.82) is 0 Å². The second-order valence-electron chi connectivity index (χ2n) is 5.94. The highest BCUT2D eigenvalue weighted by Crippen LogP contribution is 2.47. The Morgan fingerprint density at radius 1 is 1.04 bits per heavy atom. The van der Waals surface area contributed by atoms with E-state index in [9.17, 15) is 0 Å². The van der Waals surface area contributed by atoms with Gasteiger partial charge in [0.05, 0.1) is 16.8 Å². The maximum absolute atomic E-state index is 7.00. The van der Waals surface area contributed by atoms with Gasteiger partial charge in [0, 0.05) is 42.9 Å². The number of rotatable bonds is 3. The third kappa shape index (κ3) is 3.30. The van der Waals surface area contributed by atoms with Gasteiger partial charge < -0.3 is 15.1 Å². The molecule has 142 valence electrons. The standard InChI is InChI=1S/C19H15N5S2.CH4O/c20-15-14-16(12-5-2-1-3-6-12)22-17(13-7-4-8-21-11-13)23-18(14)26-19(15)24-9-10-25-24;1-2/h1-8,11H,9-10,20H2;2H,1H3. The lowest BCUT2D eigenvalue weighted by molar-refractivity contribution is 0.399. The summed E-state index contributed by atoms with van der Waals surface area (Å²) in [5.74, 6) is 1.81. The molecule has 0 radical (unpaired) electrons. The highest BCUT2D eigenvalue weighted by Gasteiger charge is 2.25. The number of aromatic nitrogens is 3. The first-order chi connectivity index (χ1) is 13.8. The molecule has 0 amide bonds. The number of aliphatic hydroxyl groups is 1. The van der Waals surface area contributed by atoms with Gasteiger partial charge >= 0.3 is 0 Å². The first-order valence-corrected chi connectivity index (χ1v) is 10.5. The molecular weight excluding hydrogens is 390 g/mol. The van der Waals surface area contributed by atoms with Gasteiger partial charge in [-0.05, 0) is 24.1 Å². The molecule has 1 aromatic carbocycles. The molecule has 1 fully saturated rings. The second-order valence-corrected chi connectivity index (χ2v) is 8.02. The number of hydrogen-bond donors (Lipinski definition) is 2. The lowest BCUT2D eigenvalue weighted by Crippen LogP contribution is -2.28. The topological polar surface area (TPSA) is 88.2 Å². The minimum absolute atomic E-state index is 0.675. The Hall–Kier alpha value is -2.68. The summed E-state index contributed by atoms with van der Waals surface area (Å²) >= 11 is 3.43. The van der Waals surface area contributed by atoms with E-state index >= 15 is 0 Å². The van der Waals surface area contributed by atoms with Crippen molar-refractivity contribution in [2.24, 2.45) is 0 Å². The Labute approximate surface area is 171 Å². The first-order valence-electron chi connectivity index (χ1n) is 8.72. The fourth-order valence-electron chi connectivity index (χ4n) is 2.97. The van der Waals surface area contributed by atoms with E-state index in [0.29, 0.717) is 5.82 Å². The molecule has 1 aliphatic rings. The van der Waals surface area contributed by atoms with E-state index in [4.69, 9.17) is 20.8 Å². The van der Waals surface area contributed by atoms with Crippen LogP contribution in [0, 0.1) is 0 Å². The molecule has 3 aromatic heterocycles. The molecule has 4 aromatic rings. The van der Waals surface area contributed by atoms with Crippen LogP contribution in [0.2, 0.25) is 0 Å². The summed E-state index contributed by atoms with van der Waals surface area (Å²) in [5.41, 5.74) is 10.1. The van der Waals surface area contributed by atoms with E-state index < -0.39 is 0 Å². The van der Waals surface area contributed by atoms with Crippen molar-refractivity contribution in [2.45, 2.75) is 0 Å². The number of anilines is 2. The number of fused-ring (bicyclic) bond motifs is 1. The van der Waals surface area contributed by atoms with Gasteiger partial charge in [-0.15, -0.1) is 0 Å². The van der Waals surface area contributed by atoms with Crippen molar-refractivity contribution >= 4 is 44.2 Å². The van der Waals surface area contributed by atoms with E-state index in [1.165, 1.54) is 0 Å². The van der Waals surface area contributed by atoms with Crippen LogP contribution in [-0.4, -0.2) is 39.5 Å². The normalized spacial score (nSPS) is 13.0. The van der Waals surface area contributed by atoms with E-state index in [1.807, 2.05) is 30.3 Å². The maximum atomic E-state index is 7.00. The van der Waals surface area contributed by atoms with Crippen molar-refractivity contribution in [3.63, 3.8) is 0 Å². The lowest BCUT2D eigenvalue weighted by Gasteiger charge is -2.30. The van der Waals surface area contributed by atoms with Crippen LogP contribution >= 0.6 is 23.3 Å². The van der Waals surface area contributed by atoms with Crippen LogP contribution < -0.4 is 10.0 Å². The second kappa shape index (κ2) is 8.14. The van der Waals surface area contributed by atoms with E-state index in [2.05, 4.69) is 21.4 Å². The summed E-state index contributed by atoms with van der Waals surface area (Å²) in [7, 11) is 1.00. The zero-order valence-corrected chi connectivity index (χ0v) is 16.9. The molecule has 3 N–H and O–H groups in total. The summed E-state index contributed by atoms with van der Waals surface area (Å²) in [4.78, 5) is 14.8. The molecule has 8 heteroatoms. The predicted octanol–water partition coefficient (Wildman–Crippen LogP) is 4.08. The van der Waals surface area contributed by atoms with Crippen LogP contribution in [0.5, 0.6) is 0 Å². The monoisotopic (exact) mass is 409 g/mol. The van der Waals surface area contributed by atoms with Crippen molar-refractivity contribution in [1.82, 2.24) is 15.0 Å². The zero-order valence-electron chi connectivity index (χ0n) is 15.2. The number of aliphatic hydroxyl groups excluding tert-OH is 1. The molecule has 28 heavy (non-hydrogen) atoms. The van der Waals surface area contributed by atoms with Crippen LogP contribution in [0.3, 0.4) is 0 Å². The van der Waals surface area contributed by atoms with Gasteiger partial charge in [-0.3, -0.25) is 4.98 Å². The maximum Gasteiger partial charge on any atom is 0.162 e. The van der Waals surface area contributed by atoms with E-state index in [0.717, 1.165) is 57.1 Å². The molecule has 0 spiro atoms. The van der Waals surface area contributed by atoms with Crippen LogP contribution in [-0.2, 0) is 0 Å². The molecule has 1 aliphatic heterocycles. The Morgan fingerprint density at radius 3 is 2.43 bits per heavy atom. The average Bonchev–Trinajstić information content (AvgIpc) is 3.05. The van der Waals surface area contributed by atoms with Gasteiger partial charge in [0.15, 0.2) is 5.82 Å². The van der Waals surface area contributed by atoms with Gasteiger partial charge in [-0.1, -0.05) is 41.7 Å². The molecule has 0 saturated carbocycles. The zero-order chi connectivity index (χ0) is 19.5. The Morgan fingerprint density at radius 2 is 1.79 bits per heavy atom. The fraction of sp³-hybridized carbons (Fsp3) is 0.150. The fourth-order valence-corrected chi connectivity index (χ4v) is 4.85. The Kier molecular flexibility index (Phi) is 5.43. The van der Waals surface area contributed by atoms with Crippen molar-refractivity contribution in [2.75, 3.05) is 29.4 Å². The van der Waals surface area contributed by atoms with Gasteiger partial charge in [0.1, 0.15) is 9.83 Å². The summed E-state index contributed by atoms with van der Waals surface area (Å²) < 4.78 is 2.24. The van der Waals surface area contributed by atoms with Crippen molar-refractivity contribution in [3.05, 3.63) is 54.9 Å². The Bertz CT molecular complexity index is 1080. The number of nitrogens with zero attached hydrogens (tertiary/aromatic N) is 4. The van der Waals surface area contributed by atoms with Crippen LogP contribution in [0.15, 0.2) is 54.9 Å². The first kappa shape index (κ1) is 18.7. The van der Waals surface area contributed by atoms with Crippen molar-refractivity contribution in [3.8, 4) is 22.6 Å². The molecule has 1 saturated heterocycles. The minimum Gasteiger partial charge on any atom is -0.400 e. The van der Waals surface area contributed by atoms with Gasteiger partial charge in [0.2, 0.25) is 0 Å². The summed E-state index contributed by atoms with van der Waals surface area (Å²) in [6, 6.07) is 14.0. The molecule has 0 atom stereocenters. The molecule has 6 nitrogen and oxygen atoms in total. The van der Waals surface area contributed by atoms with E-state index in [1.54, 1.807) is 35.7 Å². The summed E-state index contributed by atoms with van der Waals surface area (Å²) in [6.45, 7) is 1.02. The van der Waals surface area contributed by atoms with Crippen molar-refractivity contribution < 1.29 is 5.11 Å². The molecule has 0 bridgehead atoms. The molecule has 0 aliphatic carbocycles. The third-order valence-electron chi connectivity index (χ3n) is 4.30. The number of thiophene rings is 1. The largest absolute Gasteiger partial charge is 0.400 e. The third-order valence-corrected chi connectivity index (χ3v) is 6.58. The molecule has 0 unspecified atom stereocenters. The van der Waals surface area contributed by atoms with Crippen LogP contribution in [0.1, 0.15) is 0 Å². The van der Waals surface area contributed by atoms with E-state index in [-0.39, 0.29) is 0 Å². The van der Waals surface area contributed by atoms with Crippen LogP contribution in [0.25, 0.3) is 32.9 Å². The Balaban J connectivity index is 0.000000932. The quantitative estimate of drug-likeness (QED) is 0.493. The minimum atomic E-state index is 0.675. The molecular formula is C20H19N5OS2. The van der Waals surface area contributed by atoms with Crippen LogP contribution in [0.4, 0.5) is 10.7 Å². The smallest absolute Gasteiger partial charge is 0.162 e. The SMILES string of the molecule is CO.Nc1c(N2CCS2)sc2nc(-c3cccnc3)nc(-c3ccccc3)c12. The summed E-state index contributed by atoms with van der Waals surface area (Å²) in [5, 5.41) is 9.02. The number of pyridine rings is 1. The number of nitrogens with two attached hydrogens (primary N) is 1. The number of nitrogen functional groups attached to an aromatic ring is 1. The van der Waals surface area contributed by atoms with Gasteiger partial charge in [-0.25, -0.2) is 9.97 Å². The number of hydrogen-bond acceptors (Lipinski definition) is 8. The van der Waals surface area contributed by atoms with Gasteiger partial charge in [-0.2, -0.15) is 0 Å². The predicted molar refractivity (Wildman–Crippen MR) is 118 cm³/mol. The van der Waals surface area contributed by atoms with Gasteiger partial charge in [0.25, 0.3) is 0 Å². The summed E-state index contributed by atoms with van der Waals surface area (Å²) in [6.07, 6.45) is 3.54. The molecule has 5 rings (SSSR count).